The van der Waals surface area contributed by atoms with Gasteiger partial charge in [0, 0.05) is 24.1 Å². The first-order valence-corrected chi connectivity index (χ1v) is 6.10. The lowest BCUT2D eigenvalue weighted by molar-refractivity contribution is 0.151. The average Bonchev–Trinajstić information content (AvgIpc) is 2.69. The Bertz CT molecular complexity index is 313. The monoisotopic (exact) mass is 227 g/mol. The molecule has 1 fully saturated rings. The van der Waals surface area contributed by atoms with Crippen LogP contribution in [0.1, 0.15) is 31.9 Å². The van der Waals surface area contributed by atoms with E-state index in [9.17, 15) is 0 Å². The highest BCUT2D eigenvalue weighted by Gasteiger charge is 2.20. The van der Waals surface area contributed by atoms with Crippen molar-refractivity contribution in [3.05, 3.63) is 5.69 Å². The highest BCUT2D eigenvalue weighted by Crippen LogP contribution is 2.22. The van der Waals surface area contributed by atoms with Crippen LogP contribution in [0.5, 0.6) is 0 Å². The molecular weight excluding hydrogens is 210 g/mol. The van der Waals surface area contributed by atoms with E-state index in [4.69, 9.17) is 5.84 Å². The molecule has 2 rings (SSSR count). The number of nitrogen functional groups attached to an aromatic ring is 1. The summed E-state index contributed by atoms with van der Waals surface area (Å²) in [6, 6.07) is 0.645. The van der Waals surface area contributed by atoms with Gasteiger partial charge >= 0.3 is 0 Å². The summed E-state index contributed by atoms with van der Waals surface area (Å²) in [6.45, 7) is 4.29. The SMILES string of the molecule is CC1CCCCN1Cc1nnsc1NN. The van der Waals surface area contributed by atoms with Crippen LogP contribution in [0.15, 0.2) is 0 Å². The van der Waals surface area contributed by atoms with E-state index >= 15 is 0 Å². The number of nitrogens with zero attached hydrogens (tertiary/aromatic N) is 3. The summed E-state index contributed by atoms with van der Waals surface area (Å²) in [5, 5.41) is 4.98. The molecule has 0 aromatic carbocycles. The molecule has 1 saturated heterocycles. The number of hydrogen-bond acceptors (Lipinski definition) is 6. The fourth-order valence-electron chi connectivity index (χ4n) is 2.01. The number of aromatic nitrogens is 2. The smallest absolute Gasteiger partial charge is 0.148 e. The Labute approximate surface area is 93.8 Å². The van der Waals surface area contributed by atoms with Gasteiger partial charge in [0.05, 0.1) is 0 Å². The topological polar surface area (TPSA) is 67.1 Å². The molecule has 0 spiro atoms. The zero-order valence-electron chi connectivity index (χ0n) is 8.94. The number of nitrogens with one attached hydrogen (secondary N) is 1. The van der Waals surface area contributed by atoms with Gasteiger partial charge in [0.25, 0.3) is 0 Å². The quantitative estimate of drug-likeness (QED) is 0.600. The minimum Gasteiger partial charge on any atom is -0.313 e. The van der Waals surface area contributed by atoms with Crippen molar-refractivity contribution in [2.24, 2.45) is 5.84 Å². The van der Waals surface area contributed by atoms with Crippen molar-refractivity contribution in [3.8, 4) is 0 Å². The predicted octanol–water partition coefficient (Wildman–Crippen LogP) is 1.20. The molecular formula is C9H17N5S. The minimum absolute atomic E-state index is 0.645. The maximum absolute atomic E-state index is 5.40. The number of rotatable bonds is 3. The minimum atomic E-state index is 0.645. The Kier molecular flexibility index (Phi) is 3.50. The molecule has 6 heteroatoms. The fraction of sp³-hybridized carbons (Fsp3) is 0.778. The van der Waals surface area contributed by atoms with Crippen molar-refractivity contribution in [2.45, 2.75) is 38.8 Å². The molecule has 5 nitrogen and oxygen atoms in total. The summed E-state index contributed by atoms with van der Waals surface area (Å²) in [4.78, 5) is 2.45. The molecule has 0 amide bonds. The molecule has 0 aliphatic carbocycles. The Hall–Kier alpha value is -0.720. The van der Waals surface area contributed by atoms with Crippen molar-refractivity contribution < 1.29 is 0 Å². The Morgan fingerprint density at radius 1 is 1.60 bits per heavy atom. The second-order valence-corrected chi connectivity index (χ2v) is 4.76. The summed E-state index contributed by atoms with van der Waals surface area (Å²) in [7, 11) is 0. The zero-order valence-corrected chi connectivity index (χ0v) is 9.76. The standard InChI is InChI=1S/C9H17N5S/c1-7-4-2-3-5-14(7)6-8-9(11-10)15-13-12-8/h7,11H,2-6,10H2,1H3. The number of nitrogens with two attached hydrogens (primary N) is 1. The second kappa shape index (κ2) is 4.87. The molecule has 3 N–H and O–H groups in total. The van der Waals surface area contributed by atoms with Crippen LogP contribution >= 0.6 is 11.5 Å². The maximum atomic E-state index is 5.40. The van der Waals surface area contributed by atoms with Crippen molar-refractivity contribution in [1.29, 1.82) is 0 Å². The number of anilines is 1. The van der Waals surface area contributed by atoms with Crippen LogP contribution in [-0.2, 0) is 6.54 Å². The normalized spacial score (nSPS) is 22.9. The first-order chi connectivity index (χ1) is 7.31. The molecule has 0 radical (unpaired) electrons. The predicted molar refractivity (Wildman–Crippen MR) is 61.4 cm³/mol. The summed E-state index contributed by atoms with van der Waals surface area (Å²) in [6.07, 6.45) is 3.91. The van der Waals surface area contributed by atoms with Crippen LogP contribution in [0.4, 0.5) is 5.00 Å². The molecule has 1 aliphatic rings. The first-order valence-electron chi connectivity index (χ1n) is 5.33. The molecule has 0 saturated carbocycles. The van der Waals surface area contributed by atoms with Crippen LogP contribution in [0.2, 0.25) is 0 Å². The molecule has 15 heavy (non-hydrogen) atoms. The largest absolute Gasteiger partial charge is 0.313 e. The van der Waals surface area contributed by atoms with Crippen molar-refractivity contribution in [2.75, 3.05) is 12.0 Å². The van der Waals surface area contributed by atoms with Gasteiger partial charge < -0.3 is 5.43 Å². The Morgan fingerprint density at radius 2 is 2.47 bits per heavy atom. The van der Waals surface area contributed by atoms with Gasteiger partial charge in [-0.1, -0.05) is 10.9 Å². The lowest BCUT2D eigenvalue weighted by Crippen LogP contribution is -2.37. The van der Waals surface area contributed by atoms with Gasteiger partial charge in [-0.15, -0.1) is 5.10 Å². The molecule has 1 aliphatic heterocycles. The number of hydrazine groups is 1. The highest BCUT2D eigenvalue weighted by atomic mass is 32.1. The third kappa shape index (κ3) is 2.45. The van der Waals surface area contributed by atoms with E-state index in [1.54, 1.807) is 0 Å². The van der Waals surface area contributed by atoms with Crippen LogP contribution in [0, 0.1) is 0 Å². The number of piperidine rings is 1. The van der Waals surface area contributed by atoms with E-state index in [0.29, 0.717) is 6.04 Å². The summed E-state index contributed by atoms with van der Waals surface area (Å²) < 4.78 is 3.91. The summed E-state index contributed by atoms with van der Waals surface area (Å²) in [5.74, 6) is 5.40. The van der Waals surface area contributed by atoms with E-state index in [2.05, 4.69) is 26.8 Å². The molecule has 0 bridgehead atoms. The van der Waals surface area contributed by atoms with E-state index in [0.717, 1.165) is 23.8 Å². The third-order valence-corrected chi connectivity index (χ3v) is 3.68. The van der Waals surface area contributed by atoms with Crippen molar-refractivity contribution in [1.82, 2.24) is 14.5 Å². The fourth-order valence-corrected chi connectivity index (χ4v) is 2.49. The van der Waals surface area contributed by atoms with Gasteiger partial charge in [-0.2, -0.15) is 0 Å². The first kappa shape index (κ1) is 10.8. The van der Waals surface area contributed by atoms with Gasteiger partial charge in [-0.3, -0.25) is 4.90 Å². The Balaban J connectivity index is 2.01. The second-order valence-electron chi connectivity index (χ2n) is 4.01. The van der Waals surface area contributed by atoms with Gasteiger partial charge in [-0.25, -0.2) is 5.84 Å². The highest BCUT2D eigenvalue weighted by molar-refractivity contribution is 7.10. The molecule has 2 heterocycles. The molecule has 84 valence electrons. The van der Waals surface area contributed by atoms with Crippen LogP contribution in [0.25, 0.3) is 0 Å². The molecule has 1 unspecified atom stereocenters. The van der Waals surface area contributed by atoms with Gasteiger partial charge in [0.2, 0.25) is 0 Å². The van der Waals surface area contributed by atoms with Crippen LogP contribution in [-0.4, -0.2) is 27.1 Å². The summed E-state index contributed by atoms with van der Waals surface area (Å²) in [5.41, 5.74) is 3.62. The van der Waals surface area contributed by atoms with E-state index < -0.39 is 0 Å². The summed E-state index contributed by atoms with van der Waals surface area (Å²) >= 11 is 1.32. The van der Waals surface area contributed by atoms with Gasteiger partial charge in [0.1, 0.15) is 10.7 Å². The molecule has 1 aromatic heterocycles. The lowest BCUT2D eigenvalue weighted by Gasteiger charge is -2.32. The van der Waals surface area contributed by atoms with Crippen LogP contribution in [0.3, 0.4) is 0 Å². The number of hydrogen-bond donors (Lipinski definition) is 2. The molecule has 1 aromatic rings. The third-order valence-electron chi connectivity index (χ3n) is 2.98. The number of likely N-dealkylation sites (tertiary alicyclic amines) is 1. The van der Waals surface area contributed by atoms with Crippen molar-refractivity contribution in [3.63, 3.8) is 0 Å². The lowest BCUT2D eigenvalue weighted by atomic mass is 10.0. The molecule has 1 atom stereocenters. The van der Waals surface area contributed by atoms with E-state index in [-0.39, 0.29) is 0 Å². The Morgan fingerprint density at radius 3 is 3.20 bits per heavy atom. The van der Waals surface area contributed by atoms with Crippen molar-refractivity contribution >= 4 is 16.5 Å². The van der Waals surface area contributed by atoms with E-state index in [1.165, 1.54) is 30.8 Å². The van der Waals surface area contributed by atoms with Gasteiger partial charge in [-0.05, 0) is 26.3 Å². The maximum Gasteiger partial charge on any atom is 0.148 e. The van der Waals surface area contributed by atoms with E-state index in [1.807, 2.05) is 0 Å². The zero-order chi connectivity index (χ0) is 10.7. The average molecular weight is 227 g/mol. The van der Waals surface area contributed by atoms with Crippen LogP contribution < -0.4 is 11.3 Å². The van der Waals surface area contributed by atoms with Gasteiger partial charge in [0.15, 0.2) is 0 Å².